The topological polar surface area (TPSA) is 109 Å². The van der Waals surface area contributed by atoms with Gasteiger partial charge in [0.2, 0.25) is 10.0 Å². The van der Waals surface area contributed by atoms with Crippen LogP contribution in [0.1, 0.15) is 26.3 Å². The van der Waals surface area contributed by atoms with Crippen LogP contribution >= 0.6 is 0 Å². The Kier molecular flexibility index (Phi) is 6.57. The van der Waals surface area contributed by atoms with E-state index in [0.29, 0.717) is 18.8 Å². The first-order valence-electron chi connectivity index (χ1n) is 11.2. The van der Waals surface area contributed by atoms with Crippen molar-refractivity contribution in [3.63, 3.8) is 0 Å². The summed E-state index contributed by atoms with van der Waals surface area (Å²) in [5, 5.41) is 12.9. The molecule has 0 unspecified atom stereocenters. The Morgan fingerprint density at radius 2 is 1.76 bits per heavy atom. The van der Waals surface area contributed by atoms with Crippen molar-refractivity contribution in [3.8, 4) is 0 Å². The molecule has 0 atom stereocenters. The van der Waals surface area contributed by atoms with E-state index in [1.54, 1.807) is 33.0 Å². The molecule has 1 aromatic heterocycles. The molecular weight excluding hydrogens is 454 g/mol. The molecule has 2 aromatic carbocycles. The van der Waals surface area contributed by atoms with Gasteiger partial charge in [-0.15, -0.1) is 0 Å². The number of fused-ring (bicyclic) bond motifs is 1. The van der Waals surface area contributed by atoms with E-state index < -0.39 is 20.5 Å². The van der Waals surface area contributed by atoms with E-state index in [2.05, 4.69) is 20.7 Å². The van der Waals surface area contributed by atoms with Gasteiger partial charge < -0.3 is 4.90 Å². The second kappa shape index (κ2) is 9.28. The molecule has 0 radical (unpaired) electrons. The normalized spacial score (nSPS) is 15.6. The lowest BCUT2D eigenvalue weighted by Crippen LogP contribution is -2.46. The number of aromatic nitrogens is 1. The first kappa shape index (κ1) is 24.1. The standard InChI is InChI=1S/C24H29N5O4S/c1-24(2,3)26-34(32,33)20-9-10-21(22(16-20)29(30)31)28-14-12-27(13-15-28)17-19-7-4-6-18-8-5-11-25-23(18)19/h4-11,16,26H,12-15,17H2,1-3H3. The average Bonchev–Trinajstić information content (AvgIpc) is 2.78. The summed E-state index contributed by atoms with van der Waals surface area (Å²) in [6, 6.07) is 14.3. The fourth-order valence-electron chi connectivity index (χ4n) is 4.23. The van der Waals surface area contributed by atoms with Crippen LogP contribution in [0, 0.1) is 10.1 Å². The van der Waals surface area contributed by atoms with Crippen molar-refractivity contribution in [2.45, 2.75) is 37.8 Å². The predicted octanol–water partition coefficient (Wildman–Crippen LogP) is 3.54. The van der Waals surface area contributed by atoms with E-state index in [1.807, 2.05) is 29.2 Å². The Morgan fingerprint density at radius 1 is 1.06 bits per heavy atom. The molecule has 0 aliphatic carbocycles. The van der Waals surface area contributed by atoms with Crippen LogP contribution in [0.25, 0.3) is 10.9 Å². The van der Waals surface area contributed by atoms with Crippen LogP contribution in [0.4, 0.5) is 11.4 Å². The third-order valence-corrected chi connectivity index (χ3v) is 7.47. The summed E-state index contributed by atoms with van der Waals surface area (Å²) < 4.78 is 27.9. The molecule has 1 saturated heterocycles. The molecule has 1 fully saturated rings. The van der Waals surface area contributed by atoms with Crippen LogP contribution < -0.4 is 9.62 Å². The molecule has 10 heteroatoms. The molecular formula is C24H29N5O4S. The van der Waals surface area contributed by atoms with Gasteiger partial charge in [-0.2, -0.15) is 0 Å². The van der Waals surface area contributed by atoms with Gasteiger partial charge in [0.15, 0.2) is 0 Å². The second-order valence-corrected chi connectivity index (χ2v) is 11.2. The van der Waals surface area contributed by atoms with E-state index in [9.17, 15) is 18.5 Å². The molecule has 0 amide bonds. The number of sulfonamides is 1. The third-order valence-electron chi connectivity index (χ3n) is 5.72. The van der Waals surface area contributed by atoms with Gasteiger partial charge in [-0.1, -0.05) is 24.3 Å². The highest BCUT2D eigenvalue weighted by molar-refractivity contribution is 7.89. The number of hydrogen-bond acceptors (Lipinski definition) is 7. The lowest BCUT2D eigenvalue weighted by atomic mass is 10.1. The number of nitro benzene ring substituents is 1. The smallest absolute Gasteiger partial charge is 0.293 e. The summed E-state index contributed by atoms with van der Waals surface area (Å²) in [5.74, 6) is 0. The van der Waals surface area contributed by atoms with Crippen molar-refractivity contribution in [2.24, 2.45) is 0 Å². The number of piperazine rings is 1. The zero-order valence-corrected chi connectivity index (χ0v) is 20.4. The number of hydrogen-bond donors (Lipinski definition) is 1. The largest absolute Gasteiger partial charge is 0.363 e. The van der Waals surface area contributed by atoms with E-state index in [1.165, 1.54) is 6.07 Å². The van der Waals surface area contributed by atoms with Crippen LogP contribution in [-0.4, -0.2) is 54.9 Å². The summed E-state index contributed by atoms with van der Waals surface area (Å²) in [7, 11) is -3.87. The van der Waals surface area contributed by atoms with Gasteiger partial charge in [-0.3, -0.25) is 20.0 Å². The Hall–Kier alpha value is -3.08. The number of anilines is 1. The fourth-order valence-corrected chi connectivity index (χ4v) is 5.67. The van der Waals surface area contributed by atoms with Crippen molar-refractivity contribution in [1.82, 2.24) is 14.6 Å². The zero-order chi connectivity index (χ0) is 24.5. The summed E-state index contributed by atoms with van der Waals surface area (Å²) in [4.78, 5) is 20.0. The van der Waals surface area contributed by atoms with Gasteiger partial charge >= 0.3 is 0 Å². The molecule has 0 spiro atoms. The quantitative estimate of drug-likeness (QED) is 0.422. The van der Waals surface area contributed by atoms with Gasteiger partial charge in [-0.25, -0.2) is 13.1 Å². The molecule has 1 aliphatic heterocycles. The number of para-hydroxylation sites is 1. The zero-order valence-electron chi connectivity index (χ0n) is 19.6. The summed E-state index contributed by atoms with van der Waals surface area (Å²) in [5.41, 5.74) is 1.68. The Morgan fingerprint density at radius 3 is 2.44 bits per heavy atom. The highest BCUT2D eigenvalue weighted by atomic mass is 32.2. The maximum atomic E-state index is 12.7. The van der Waals surface area contributed by atoms with Crippen molar-refractivity contribution >= 4 is 32.3 Å². The summed E-state index contributed by atoms with van der Waals surface area (Å²) >= 11 is 0. The number of nitrogens with one attached hydrogen (secondary N) is 1. The van der Waals surface area contributed by atoms with Crippen molar-refractivity contribution < 1.29 is 13.3 Å². The monoisotopic (exact) mass is 483 g/mol. The van der Waals surface area contributed by atoms with Gasteiger partial charge in [0.25, 0.3) is 5.69 Å². The molecule has 3 aromatic rings. The summed E-state index contributed by atoms with van der Waals surface area (Å²) in [6.45, 7) is 8.58. The minimum absolute atomic E-state index is 0.111. The number of rotatable bonds is 6. The molecule has 9 nitrogen and oxygen atoms in total. The van der Waals surface area contributed by atoms with Gasteiger partial charge in [0.05, 0.1) is 15.3 Å². The van der Waals surface area contributed by atoms with Crippen LogP contribution in [-0.2, 0) is 16.6 Å². The number of nitrogens with zero attached hydrogens (tertiary/aromatic N) is 4. The van der Waals surface area contributed by atoms with Gasteiger partial charge in [-0.05, 0) is 44.5 Å². The van der Waals surface area contributed by atoms with E-state index >= 15 is 0 Å². The summed E-state index contributed by atoms with van der Waals surface area (Å²) in [6.07, 6.45) is 1.80. The van der Waals surface area contributed by atoms with E-state index in [4.69, 9.17) is 0 Å². The Balaban J connectivity index is 1.50. The second-order valence-electron chi connectivity index (χ2n) is 9.52. The third kappa shape index (κ3) is 5.35. The van der Waals surface area contributed by atoms with Crippen LogP contribution in [0.3, 0.4) is 0 Å². The highest BCUT2D eigenvalue weighted by Gasteiger charge is 2.28. The van der Waals surface area contributed by atoms with Gasteiger partial charge in [0, 0.05) is 55.9 Å². The van der Waals surface area contributed by atoms with Crippen molar-refractivity contribution in [2.75, 3.05) is 31.1 Å². The maximum absolute atomic E-state index is 12.7. The highest BCUT2D eigenvalue weighted by Crippen LogP contribution is 2.32. The van der Waals surface area contributed by atoms with Crippen LogP contribution in [0.2, 0.25) is 0 Å². The van der Waals surface area contributed by atoms with E-state index in [-0.39, 0.29) is 10.6 Å². The SMILES string of the molecule is CC(C)(C)NS(=O)(=O)c1ccc(N2CCN(Cc3cccc4cccnc34)CC2)c([N+](=O)[O-])c1. The minimum atomic E-state index is -3.87. The molecule has 1 aliphatic rings. The number of nitro groups is 1. The van der Waals surface area contributed by atoms with Crippen molar-refractivity contribution in [3.05, 3.63) is 70.4 Å². The molecule has 0 bridgehead atoms. The minimum Gasteiger partial charge on any atom is -0.363 e. The van der Waals surface area contributed by atoms with Crippen molar-refractivity contribution in [1.29, 1.82) is 0 Å². The predicted molar refractivity (Wildman–Crippen MR) is 132 cm³/mol. The molecule has 0 saturated carbocycles. The Bertz CT molecular complexity index is 1310. The first-order valence-corrected chi connectivity index (χ1v) is 12.6. The lowest BCUT2D eigenvalue weighted by Gasteiger charge is -2.36. The fraction of sp³-hybridized carbons (Fsp3) is 0.375. The van der Waals surface area contributed by atoms with Crippen LogP contribution in [0.5, 0.6) is 0 Å². The van der Waals surface area contributed by atoms with Gasteiger partial charge in [0.1, 0.15) is 5.69 Å². The first-order chi connectivity index (χ1) is 16.0. The van der Waals surface area contributed by atoms with E-state index in [0.717, 1.165) is 42.2 Å². The molecule has 1 N–H and O–H groups in total. The molecule has 34 heavy (non-hydrogen) atoms. The molecule has 180 valence electrons. The number of pyridine rings is 1. The maximum Gasteiger partial charge on any atom is 0.293 e. The average molecular weight is 484 g/mol. The Labute approximate surface area is 199 Å². The van der Waals surface area contributed by atoms with Crippen LogP contribution in [0.15, 0.2) is 59.6 Å². The number of benzene rings is 2. The molecule has 2 heterocycles. The lowest BCUT2D eigenvalue weighted by molar-refractivity contribution is -0.384. The molecule has 4 rings (SSSR count).